The molecule has 0 spiro atoms. The number of pyridine rings is 1. The Bertz CT molecular complexity index is 148. The second-order valence-electron chi connectivity index (χ2n) is 1.36. The standard InChI is InChI=1S/C6H6N.BrH.ClH.Zn/c1-6-3-2-4-7-5-6;;;/h2-5H,1H2;2*1H;/q-1;;;+2/p-1. The Labute approximate surface area is 85.7 Å². The first kappa shape index (κ1) is 13.0. The third kappa shape index (κ3) is 6.53. The molecular formula is C6H7BrClNZn. The van der Waals surface area contributed by atoms with Crippen molar-refractivity contribution in [3.63, 3.8) is 0 Å². The van der Waals surface area contributed by atoms with Gasteiger partial charge in [-0.15, -0.1) is 23.0 Å². The summed E-state index contributed by atoms with van der Waals surface area (Å²) in [6.07, 6.45) is 3.45. The predicted octanol–water partition coefficient (Wildman–Crippen LogP) is 2.53. The summed E-state index contributed by atoms with van der Waals surface area (Å²) in [6.45, 7) is 3.66. The molecule has 1 heterocycles. The molecule has 1 nitrogen and oxygen atoms in total. The van der Waals surface area contributed by atoms with Gasteiger partial charge in [0.05, 0.1) is 0 Å². The van der Waals surface area contributed by atoms with Crippen LogP contribution >= 0.6 is 26.7 Å². The molecule has 0 aliphatic heterocycles. The van der Waals surface area contributed by atoms with Gasteiger partial charge in [0.2, 0.25) is 0 Å². The Morgan fingerprint density at radius 2 is 2.10 bits per heavy atom. The van der Waals surface area contributed by atoms with E-state index in [9.17, 15) is 0 Å². The van der Waals surface area contributed by atoms with Crippen LogP contribution in [0.4, 0.5) is 0 Å². The Morgan fingerprint density at radius 1 is 1.50 bits per heavy atom. The summed E-state index contributed by atoms with van der Waals surface area (Å²) in [5, 5.41) is 0. The van der Waals surface area contributed by atoms with Gasteiger partial charge < -0.3 is 4.98 Å². The summed E-state index contributed by atoms with van der Waals surface area (Å²) < 4.78 is 0. The van der Waals surface area contributed by atoms with E-state index in [-0.39, 0.29) is 17.0 Å². The zero-order valence-corrected chi connectivity index (χ0v) is 10.9. The minimum atomic E-state index is 0. The molecule has 52 valence electrons. The van der Waals surface area contributed by atoms with Crippen molar-refractivity contribution < 1.29 is 17.3 Å². The van der Waals surface area contributed by atoms with Crippen LogP contribution in [0.15, 0.2) is 24.5 Å². The second kappa shape index (κ2) is 9.41. The number of hydrogen-bond acceptors (Lipinski definition) is 1. The van der Waals surface area contributed by atoms with E-state index in [1.54, 1.807) is 12.4 Å². The molecule has 0 saturated heterocycles. The van der Waals surface area contributed by atoms with E-state index < -0.39 is 0 Å². The summed E-state index contributed by atoms with van der Waals surface area (Å²) in [5.41, 5.74) is 0.961. The van der Waals surface area contributed by atoms with Gasteiger partial charge in [-0.25, -0.2) is 0 Å². The van der Waals surface area contributed by atoms with Crippen molar-refractivity contribution in [2.45, 2.75) is 0 Å². The van der Waals surface area contributed by atoms with Crippen molar-refractivity contribution in [3.05, 3.63) is 37.0 Å². The number of rotatable bonds is 0. The van der Waals surface area contributed by atoms with Gasteiger partial charge in [-0.3, -0.25) is 0 Å². The van der Waals surface area contributed by atoms with Crippen LogP contribution in [0.25, 0.3) is 0 Å². The van der Waals surface area contributed by atoms with Crippen molar-refractivity contribution in [3.8, 4) is 0 Å². The molecule has 4 heteroatoms. The summed E-state index contributed by atoms with van der Waals surface area (Å²) in [4.78, 5) is 3.82. The average molecular weight is 274 g/mol. The molecule has 10 heavy (non-hydrogen) atoms. The van der Waals surface area contributed by atoms with Crippen molar-refractivity contribution >= 4 is 26.7 Å². The number of hydrogen-bond donors (Lipinski definition) is 0. The van der Waals surface area contributed by atoms with Crippen LogP contribution in [-0.4, -0.2) is 4.98 Å². The maximum absolute atomic E-state index is 4.76. The van der Waals surface area contributed by atoms with E-state index in [2.05, 4.69) is 11.9 Å². The van der Waals surface area contributed by atoms with E-state index in [0.29, 0.717) is 0 Å². The summed E-state index contributed by atoms with van der Waals surface area (Å²) in [5.74, 6) is 0. The van der Waals surface area contributed by atoms with Crippen molar-refractivity contribution in [1.82, 2.24) is 4.98 Å². The molecule has 0 aliphatic rings. The van der Waals surface area contributed by atoms with Gasteiger partial charge in [-0.05, 0) is 6.20 Å². The summed E-state index contributed by atoms with van der Waals surface area (Å²) in [6, 6.07) is 3.77. The monoisotopic (exact) mass is 271 g/mol. The van der Waals surface area contributed by atoms with Gasteiger partial charge in [-0.2, -0.15) is 18.6 Å². The first-order valence-electron chi connectivity index (χ1n) is 2.38. The predicted molar refractivity (Wildman–Crippen MR) is 44.9 cm³/mol. The van der Waals surface area contributed by atoms with Crippen LogP contribution in [0.3, 0.4) is 0 Å². The van der Waals surface area contributed by atoms with Crippen LogP contribution in [0.1, 0.15) is 5.56 Å². The summed E-state index contributed by atoms with van der Waals surface area (Å²) in [7, 11) is 4.76. The second-order valence-corrected chi connectivity index (χ2v) is 1.36. The van der Waals surface area contributed by atoms with E-state index >= 15 is 0 Å². The topological polar surface area (TPSA) is 12.9 Å². The first-order chi connectivity index (χ1) is 4.39. The summed E-state index contributed by atoms with van der Waals surface area (Å²) >= 11 is 0.847. The van der Waals surface area contributed by atoms with Crippen LogP contribution in [0, 0.1) is 6.92 Å². The average Bonchev–Trinajstić information content (AvgIpc) is 1.94. The Hall–Kier alpha value is 0.413. The van der Waals surface area contributed by atoms with E-state index in [0.717, 1.165) is 22.9 Å². The van der Waals surface area contributed by atoms with Gasteiger partial charge >= 0.3 is 27.0 Å². The van der Waals surface area contributed by atoms with Crippen molar-refractivity contribution in [2.24, 2.45) is 0 Å². The van der Waals surface area contributed by atoms with Crippen LogP contribution < -0.4 is 0 Å². The third-order valence-corrected chi connectivity index (χ3v) is 0.723. The molecule has 0 amide bonds. The fraction of sp³-hybridized carbons (Fsp3) is 0. The zero-order valence-electron chi connectivity index (χ0n) is 5.46. The van der Waals surface area contributed by atoms with Gasteiger partial charge in [0.1, 0.15) is 0 Å². The molecule has 1 aromatic heterocycles. The minimum absolute atomic E-state index is 0. The molecule has 0 unspecified atom stereocenters. The number of nitrogens with zero attached hydrogens (tertiary/aromatic N) is 1. The normalized spacial score (nSPS) is 6.70. The molecule has 0 N–H and O–H groups in total. The van der Waals surface area contributed by atoms with Gasteiger partial charge in [0.25, 0.3) is 0 Å². The van der Waals surface area contributed by atoms with Gasteiger partial charge in [0, 0.05) is 0 Å². The van der Waals surface area contributed by atoms with E-state index in [4.69, 9.17) is 9.69 Å². The fourth-order valence-corrected chi connectivity index (χ4v) is 0.398. The Morgan fingerprint density at radius 3 is 2.30 bits per heavy atom. The zero-order chi connectivity index (χ0) is 7.11. The maximum atomic E-state index is 4.76. The molecule has 0 fully saturated rings. The first-order valence-corrected chi connectivity index (χ1v) is 6.28. The van der Waals surface area contributed by atoms with Crippen molar-refractivity contribution in [1.29, 1.82) is 0 Å². The number of aromatic nitrogens is 1. The molecule has 0 aliphatic carbocycles. The Kier molecular flexibility index (Phi) is 12.3. The molecular weight excluding hydrogens is 267 g/mol. The van der Waals surface area contributed by atoms with E-state index in [1.807, 2.05) is 12.1 Å². The fourth-order valence-electron chi connectivity index (χ4n) is 0.398. The Balaban J connectivity index is 0. The molecule has 1 rings (SSSR count). The van der Waals surface area contributed by atoms with Gasteiger partial charge in [-0.1, -0.05) is 6.20 Å². The molecule has 0 saturated carbocycles. The van der Waals surface area contributed by atoms with Crippen molar-refractivity contribution in [2.75, 3.05) is 0 Å². The third-order valence-electron chi connectivity index (χ3n) is 0.723. The molecule has 0 aromatic carbocycles. The number of halogens is 2. The molecule has 1 aromatic rings. The molecule has 0 atom stereocenters. The quantitative estimate of drug-likeness (QED) is 0.523. The SMILES string of the molecule is Br.[CH2-]c1cccnc1.[Cl][Zn+]. The van der Waals surface area contributed by atoms with Crippen LogP contribution in [0.2, 0.25) is 0 Å². The molecule has 0 radical (unpaired) electrons. The van der Waals surface area contributed by atoms with Gasteiger partial charge in [0.15, 0.2) is 0 Å². The van der Waals surface area contributed by atoms with Crippen LogP contribution in [-0.2, 0) is 17.3 Å². The molecule has 0 bridgehead atoms. The van der Waals surface area contributed by atoms with E-state index in [1.165, 1.54) is 0 Å². The van der Waals surface area contributed by atoms with Crippen LogP contribution in [0.5, 0.6) is 0 Å².